The van der Waals surface area contributed by atoms with Crippen molar-refractivity contribution < 1.29 is 4.74 Å². The van der Waals surface area contributed by atoms with E-state index < -0.39 is 0 Å². The molecule has 0 aromatic heterocycles. The van der Waals surface area contributed by atoms with Crippen LogP contribution in [0, 0.1) is 5.92 Å². The van der Waals surface area contributed by atoms with Crippen LogP contribution in [-0.2, 0) is 11.2 Å². The molecule has 1 aromatic rings. The van der Waals surface area contributed by atoms with Gasteiger partial charge < -0.3 is 10.1 Å². The third kappa shape index (κ3) is 2.88. The van der Waals surface area contributed by atoms with Crippen LogP contribution in [-0.4, -0.2) is 19.8 Å². The number of nitrogens with one attached hydrogen (secondary N) is 1. The lowest BCUT2D eigenvalue weighted by atomic mass is 9.90. The van der Waals surface area contributed by atoms with Gasteiger partial charge in [-0.25, -0.2) is 0 Å². The first-order valence-corrected chi connectivity index (χ1v) is 6.62. The smallest absolute Gasteiger partial charge is 0.0551 e. The second kappa shape index (κ2) is 5.65. The first-order valence-electron chi connectivity index (χ1n) is 6.62. The van der Waals surface area contributed by atoms with Crippen LogP contribution in [0.2, 0.25) is 0 Å². The van der Waals surface area contributed by atoms with Crippen LogP contribution in [0.1, 0.15) is 37.4 Å². The number of hydrogen-bond acceptors (Lipinski definition) is 2. The number of aryl methyl sites for hydroxylation is 1. The van der Waals surface area contributed by atoms with E-state index in [1.807, 2.05) is 7.05 Å². The number of benzene rings is 1. The van der Waals surface area contributed by atoms with Crippen molar-refractivity contribution in [3.05, 3.63) is 35.4 Å². The van der Waals surface area contributed by atoms with E-state index in [-0.39, 0.29) is 0 Å². The first kappa shape index (κ1) is 12.6. The topological polar surface area (TPSA) is 21.3 Å². The molecule has 2 heteroatoms. The summed E-state index contributed by atoms with van der Waals surface area (Å²) >= 11 is 0. The summed E-state index contributed by atoms with van der Waals surface area (Å²) in [6.45, 7) is 5.24. The highest BCUT2D eigenvalue weighted by molar-refractivity contribution is 5.26. The Balaban J connectivity index is 2.16. The van der Waals surface area contributed by atoms with Crippen LogP contribution < -0.4 is 5.32 Å². The summed E-state index contributed by atoms with van der Waals surface area (Å²) in [5.74, 6) is 0.599. The van der Waals surface area contributed by atoms with E-state index in [9.17, 15) is 0 Å². The van der Waals surface area contributed by atoms with E-state index in [1.165, 1.54) is 11.1 Å². The molecule has 1 aliphatic heterocycles. The molecule has 0 bridgehead atoms. The lowest BCUT2D eigenvalue weighted by Crippen LogP contribution is -2.25. The van der Waals surface area contributed by atoms with Crippen molar-refractivity contribution in [2.24, 2.45) is 5.92 Å². The van der Waals surface area contributed by atoms with Crippen molar-refractivity contribution in [1.29, 1.82) is 0 Å². The average Bonchev–Trinajstić information content (AvgIpc) is 2.77. The monoisotopic (exact) mass is 233 g/mol. The summed E-state index contributed by atoms with van der Waals surface area (Å²) in [4.78, 5) is 0. The zero-order valence-electron chi connectivity index (χ0n) is 11.1. The zero-order valence-corrected chi connectivity index (χ0v) is 11.1. The third-order valence-electron chi connectivity index (χ3n) is 3.73. The van der Waals surface area contributed by atoms with E-state index in [4.69, 9.17) is 4.74 Å². The molecule has 17 heavy (non-hydrogen) atoms. The number of rotatable bonds is 4. The Morgan fingerprint density at radius 3 is 2.88 bits per heavy atom. The Hall–Kier alpha value is -0.860. The maximum atomic E-state index is 5.69. The van der Waals surface area contributed by atoms with Crippen molar-refractivity contribution in [3.8, 4) is 0 Å². The van der Waals surface area contributed by atoms with Gasteiger partial charge in [-0.15, -0.1) is 0 Å². The molecule has 0 spiro atoms. The van der Waals surface area contributed by atoms with Gasteiger partial charge >= 0.3 is 0 Å². The quantitative estimate of drug-likeness (QED) is 0.863. The highest BCUT2D eigenvalue weighted by Crippen LogP contribution is 2.31. The van der Waals surface area contributed by atoms with Gasteiger partial charge in [-0.1, -0.05) is 31.2 Å². The molecule has 0 aliphatic carbocycles. The van der Waals surface area contributed by atoms with Crippen LogP contribution in [0.3, 0.4) is 0 Å². The normalized spacial score (nSPS) is 26.1. The molecule has 1 saturated heterocycles. The molecule has 0 radical (unpaired) electrons. The van der Waals surface area contributed by atoms with E-state index in [2.05, 4.69) is 43.4 Å². The van der Waals surface area contributed by atoms with Gasteiger partial charge in [-0.3, -0.25) is 0 Å². The van der Waals surface area contributed by atoms with Crippen molar-refractivity contribution in [2.45, 2.75) is 38.8 Å². The molecule has 1 heterocycles. The molecule has 1 aromatic carbocycles. The van der Waals surface area contributed by atoms with Gasteiger partial charge in [0, 0.05) is 12.0 Å². The van der Waals surface area contributed by atoms with Gasteiger partial charge in [0.2, 0.25) is 0 Å². The van der Waals surface area contributed by atoms with Crippen LogP contribution in [0.4, 0.5) is 0 Å². The lowest BCUT2D eigenvalue weighted by Gasteiger charge is -2.23. The SMILES string of the molecule is CCc1cccc(C(NC)C2COC(C)C2)c1. The minimum absolute atomic E-state index is 0.408. The highest BCUT2D eigenvalue weighted by Gasteiger charge is 2.29. The summed E-state index contributed by atoms with van der Waals surface area (Å²) in [6.07, 6.45) is 2.66. The molecule has 0 saturated carbocycles. The maximum absolute atomic E-state index is 5.69. The Bertz CT molecular complexity index is 364. The summed E-state index contributed by atoms with van der Waals surface area (Å²) in [6, 6.07) is 9.33. The fraction of sp³-hybridized carbons (Fsp3) is 0.600. The zero-order chi connectivity index (χ0) is 12.3. The van der Waals surface area contributed by atoms with E-state index in [1.54, 1.807) is 0 Å². The second-order valence-electron chi connectivity index (χ2n) is 5.00. The molecular formula is C15H23NO. The summed E-state index contributed by atoms with van der Waals surface area (Å²) in [5, 5.41) is 3.45. The second-order valence-corrected chi connectivity index (χ2v) is 5.00. The minimum Gasteiger partial charge on any atom is -0.378 e. The molecule has 94 valence electrons. The van der Waals surface area contributed by atoms with Crippen molar-refractivity contribution in [1.82, 2.24) is 5.32 Å². The van der Waals surface area contributed by atoms with Crippen molar-refractivity contribution in [2.75, 3.05) is 13.7 Å². The Morgan fingerprint density at radius 1 is 1.47 bits per heavy atom. The van der Waals surface area contributed by atoms with Crippen LogP contribution in [0.5, 0.6) is 0 Å². The number of ether oxygens (including phenoxy) is 1. The van der Waals surface area contributed by atoms with Crippen LogP contribution in [0.15, 0.2) is 24.3 Å². The standard InChI is InChI=1S/C15H23NO/c1-4-12-6-5-7-13(9-12)15(16-3)14-8-11(2)17-10-14/h5-7,9,11,14-16H,4,8,10H2,1-3H3. The molecule has 1 fully saturated rings. The third-order valence-corrected chi connectivity index (χ3v) is 3.73. The Kier molecular flexibility index (Phi) is 4.19. The van der Waals surface area contributed by atoms with Crippen LogP contribution >= 0.6 is 0 Å². The minimum atomic E-state index is 0.408. The predicted molar refractivity (Wildman–Crippen MR) is 71.1 cm³/mol. The van der Waals surface area contributed by atoms with E-state index in [0.29, 0.717) is 18.1 Å². The molecule has 2 rings (SSSR count). The van der Waals surface area contributed by atoms with Gasteiger partial charge in [-0.05, 0) is 37.9 Å². The largest absolute Gasteiger partial charge is 0.378 e. The summed E-state index contributed by atoms with van der Waals surface area (Å²) in [5.41, 5.74) is 2.81. The Labute approximate surface area is 104 Å². The van der Waals surface area contributed by atoms with Crippen molar-refractivity contribution in [3.63, 3.8) is 0 Å². The molecule has 0 amide bonds. The van der Waals surface area contributed by atoms with Gasteiger partial charge in [0.15, 0.2) is 0 Å². The predicted octanol–water partition coefficient (Wildman–Crippen LogP) is 2.93. The lowest BCUT2D eigenvalue weighted by molar-refractivity contribution is 0.117. The molecule has 1 aliphatic rings. The number of hydrogen-bond donors (Lipinski definition) is 1. The van der Waals surface area contributed by atoms with Crippen molar-refractivity contribution >= 4 is 0 Å². The summed E-state index contributed by atoms with van der Waals surface area (Å²) < 4.78 is 5.69. The molecule has 2 nitrogen and oxygen atoms in total. The highest BCUT2D eigenvalue weighted by atomic mass is 16.5. The Morgan fingerprint density at radius 2 is 2.29 bits per heavy atom. The van der Waals surface area contributed by atoms with E-state index in [0.717, 1.165) is 19.4 Å². The fourth-order valence-corrected chi connectivity index (χ4v) is 2.76. The van der Waals surface area contributed by atoms with Gasteiger partial charge in [0.1, 0.15) is 0 Å². The maximum Gasteiger partial charge on any atom is 0.0551 e. The molecule has 3 atom stereocenters. The van der Waals surface area contributed by atoms with Crippen LogP contribution in [0.25, 0.3) is 0 Å². The average molecular weight is 233 g/mol. The van der Waals surface area contributed by atoms with Gasteiger partial charge in [0.05, 0.1) is 12.7 Å². The molecular weight excluding hydrogens is 210 g/mol. The van der Waals surface area contributed by atoms with Gasteiger partial charge in [0.25, 0.3) is 0 Å². The van der Waals surface area contributed by atoms with E-state index >= 15 is 0 Å². The molecule has 3 unspecified atom stereocenters. The molecule has 1 N–H and O–H groups in total. The summed E-state index contributed by atoms with van der Waals surface area (Å²) in [7, 11) is 2.05. The fourth-order valence-electron chi connectivity index (χ4n) is 2.76. The van der Waals surface area contributed by atoms with Gasteiger partial charge in [-0.2, -0.15) is 0 Å². The first-order chi connectivity index (χ1) is 8.24.